The Hall–Kier alpha value is -2.45. The quantitative estimate of drug-likeness (QED) is 0.602. The molecule has 0 spiro atoms. The van der Waals surface area contributed by atoms with Gasteiger partial charge in [-0.25, -0.2) is 4.79 Å². The summed E-state index contributed by atoms with van der Waals surface area (Å²) in [5, 5.41) is 0. The Kier molecular flexibility index (Phi) is 6.62. The number of fused-ring (bicyclic) bond motifs is 3. The third kappa shape index (κ3) is 4.32. The summed E-state index contributed by atoms with van der Waals surface area (Å²) in [6, 6.07) is 1.54. The molecule has 0 amide bonds. The maximum absolute atomic E-state index is 13.6. The molecule has 1 aliphatic heterocycles. The number of aromatic nitrogens is 2. The Morgan fingerprint density at radius 3 is 2.89 bits per heavy atom. The van der Waals surface area contributed by atoms with Crippen molar-refractivity contribution in [3.05, 3.63) is 46.0 Å². The second-order valence-corrected chi connectivity index (χ2v) is 11.7. The summed E-state index contributed by atoms with van der Waals surface area (Å²) in [6.07, 6.45) is 11.2. The number of rotatable bonds is 5. The van der Waals surface area contributed by atoms with E-state index in [4.69, 9.17) is 19.9 Å². The normalized spacial score (nSPS) is 36.0. The lowest BCUT2D eigenvalue weighted by Gasteiger charge is -2.57. The molecule has 2 heterocycles. The molecule has 0 aromatic carbocycles. The number of carbonyl (C=O) groups excluding carboxylic acids is 1. The summed E-state index contributed by atoms with van der Waals surface area (Å²) < 4.78 is 18.7. The molecule has 8 heteroatoms. The number of anilines is 1. The van der Waals surface area contributed by atoms with Gasteiger partial charge in [0.1, 0.15) is 12.4 Å². The maximum atomic E-state index is 13.6. The van der Waals surface area contributed by atoms with E-state index in [-0.39, 0.29) is 36.3 Å². The van der Waals surface area contributed by atoms with Gasteiger partial charge in [0, 0.05) is 6.20 Å². The molecule has 36 heavy (non-hydrogen) atoms. The zero-order valence-corrected chi connectivity index (χ0v) is 21.9. The van der Waals surface area contributed by atoms with Crippen LogP contribution in [0.5, 0.6) is 0 Å². The Morgan fingerprint density at radius 1 is 1.33 bits per heavy atom. The summed E-state index contributed by atoms with van der Waals surface area (Å²) >= 11 is 0. The van der Waals surface area contributed by atoms with Crippen LogP contribution in [-0.4, -0.2) is 35.0 Å². The van der Waals surface area contributed by atoms with Crippen molar-refractivity contribution in [2.24, 2.45) is 28.6 Å². The number of hydrogen-bond acceptors (Lipinski definition) is 7. The summed E-state index contributed by atoms with van der Waals surface area (Å²) in [7, 11) is 0. The van der Waals surface area contributed by atoms with Crippen LogP contribution in [0.2, 0.25) is 0 Å². The van der Waals surface area contributed by atoms with Crippen LogP contribution in [0, 0.1) is 28.6 Å². The van der Waals surface area contributed by atoms with Crippen LogP contribution in [-0.2, 0) is 19.0 Å². The highest BCUT2D eigenvalue weighted by molar-refractivity contribution is 5.77. The lowest BCUT2D eigenvalue weighted by Crippen LogP contribution is -2.53. The Balaban J connectivity index is 1.26. The molecule has 8 nitrogen and oxygen atoms in total. The van der Waals surface area contributed by atoms with Crippen molar-refractivity contribution in [2.45, 2.75) is 78.7 Å². The first kappa shape index (κ1) is 25.2. The molecule has 1 aromatic heterocycles. The largest absolute Gasteiger partial charge is 0.460 e. The highest BCUT2D eigenvalue weighted by Crippen LogP contribution is 2.62. The number of esters is 1. The van der Waals surface area contributed by atoms with Crippen LogP contribution in [0.15, 0.2) is 40.4 Å². The maximum Gasteiger partial charge on any atom is 0.351 e. The fraction of sp³-hybridized carbons (Fsp3) is 0.679. The van der Waals surface area contributed by atoms with E-state index in [9.17, 15) is 9.59 Å². The molecule has 2 N–H and O–H groups in total. The zero-order valence-electron chi connectivity index (χ0n) is 21.9. The summed E-state index contributed by atoms with van der Waals surface area (Å²) in [6.45, 7) is 9.22. The number of nitrogens with zero attached hydrogens (tertiary/aromatic N) is 2. The lowest BCUT2D eigenvalue weighted by atomic mass is 9.47. The predicted octanol–water partition coefficient (Wildman–Crippen LogP) is 4.38. The van der Waals surface area contributed by atoms with Gasteiger partial charge in [-0.05, 0) is 73.8 Å². The third-order valence-corrected chi connectivity index (χ3v) is 9.29. The van der Waals surface area contributed by atoms with Crippen LogP contribution in [0.3, 0.4) is 0 Å². The fourth-order valence-corrected chi connectivity index (χ4v) is 7.22. The molecule has 1 saturated carbocycles. The molecule has 3 aliphatic carbocycles. The van der Waals surface area contributed by atoms with Gasteiger partial charge in [-0.1, -0.05) is 44.9 Å². The van der Waals surface area contributed by atoms with E-state index in [1.807, 2.05) is 0 Å². The van der Waals surface area contributed by atoms with Crippen molar-refractivity contribution in [3.63, 3.8) is 0 Å². The number of allylic oxidation sites excluding steroid dienone is 4. The third-order valence-electron chi connectivity index (χ3n) is 9.29. The molecule has 0 unspecified atom stereocenters. The van der Waals surface area contributed by atoms with Crippen molar-refractivity contribution >= 4 is 11.8 Å². The van der Waals surface area contributed by atoms with Gasteiger partial charge in [0.2, 0.25) is 0 Å². The summed E-state index contributed by atoms with van der Waals surface area (Å²) in [5.41, 5.74) is 7.63. The van der Waals surface area contributed by atoms with Crippen molar-refractivity contribution in [3.8, 4) is 0 Å². The molecule has 5 rings (SSSR count). The standard InChI is InChI=1S/C28H39N3O5/c1-17(2)18-6-8-20-19(14-18)7-9-21-27(20,3)11-5-12-28(21,4)25(32)35-16-24-34-15-23(36-24)31-13-10-22(29)30-26(31)33/h7,10,13-14,17,20-21,23-24H,5-6,8-9,11-12,15-16H2,1-4H3,(H2,29,30,33)/t20-,21-,23-,24-,27+,28+/m0/s1. The van der Waals surface area contributed by atoms with E-state index in [1.54, 1.807) is 5.57 Å². The molecule has 1 saturated heterocycles. The second kappa shape index (κ2) is 9.45. The average molecular weight is 498 g/mol. The van der Waals surface area contributed by atoms with Crippen LogP contribution in [0.1, 0.15) is 72.4 Å². The van der Waals surface area contributed by atoms with E-state index in [1.165, 1.54) is 28.8 Å². The van der Waals surface area contributed by atoms with Gasteiger partial charge < -0.3 is 19.9 Å². The molecular formula is C28H39N3O5. The van der Waals surface area contributed by atoms with E-state index < -0.39 is 23.6 Å². The van der Waals surface area contributed by atoms with Gasteiger partial charge in [0.25, 0.3) is 0 Å². The first-order valence-corrected chi connectivity index (χ1v) is 13.3. The highest BCUT2D eigenvalue weighted by atomic mass is 16.7. The minimum atomic E-state index is -0.724. The van der Waals surface area contributed by atoms with E-state index in [0.29, 0.717) is 11.8 Å². The predicted molar refractivity (Wildman–Crippen MR) is 136 cm³/mol. The molecule has 1 aromatic rings. The van der Waals surface area contributed by atoms with Crippen LogP contribution in [0.4, 0.5) is 5.82 Å². The van der Waals surface area contributed by atoms with Gasteiger partial charge in [0.05, 0.1) is 12.0 Å². The van der Waals surface area contributed by atoms with E-state index >= 15 is 0 Å². The summed E-state index contributed by atoms with van der Waals surface area (Å²) in [5.74, 6) is 1.31. The van der Waals surface area contributed by atoms with Crippen molar-refractivity contribution in [2.75, 3.05) is 18.9 Å². The SMILES string of the molecule is CC(C)C1=CC2=CC[C@H]3[C@](C)(CCC[C@@]3(C)C(=O)OC[C@H]3OC[C@@H](n4ccc(N)nc4=O)O3)[C@H]2CC1. The molecule has 0 radical (unpaired) electrons. The van der Waals surface area contributed by atoms with Crippen molar-refractivity contribution < 1.29 is 19.0 Å². The number of hydrogen-bond donors (Lipinski definition) is 1. The molecule has 0 bridgehead atoms. The summed E-state index contributed by atoms with van der Waals surface area (Å²) in [4.78, 5) is 29.4. The van der Waals surface area contributed by atoms with Gasteiger partial charge in [-0.3, -0.25) is 9.36 Å². The average Bonchev–Trinajstić information content (AvgIpc) is 3.30. The van der Waals surface area contributed by atoms with Crippen molar-refractivity contribution in [1.82, 2.24) is 9.55 Å². The Labute approximate surface area is 212 Å². The fourth-order valence-electron chi connectivity index (χ4n) is 7.22. The first-order chi connectivity index (χ1) is 17.1. The zero-order chi connectivity index (χ0) is 25.7. The molecular weight excluding hydrogens is 458 g/mol. The van der Waals surface area contributed by atoms with E-state index in [0.717, 1.165) is 32.1 Å². The first-order valence-electron chi connectivity index (χ1n) is 13.3. The van der Waals surface area contributed by atoms with Gasteiger partial charge in [-0.15, -0.1) is 0 Å². The van der Waals surface area contributed by atoms with Gasteiger partial charge in [0.15, 0.2) is 12.5 Å². The minimum Gasteiger partial charge on any atom is -0.460 e. The molecule has 6 atom stereocenters. The van der Waals surface area contributed by atoms with Crippen LogP contribution < -0.4 is 11.4 Å². The molecule has 2 fully saturated rings. The topological polar surface area (TPSA) is 106 Å². The number of nitrogen functional groups attached to an aromatic ring is 1. The minimum absolute atomic E-state index is 0.00346. The van der Waals surface area contributed by atoms with Crippen LogP contribution >= 0.6 is 0 Å². The van der Waals surface area contributed by atoms with Crippen LogP contribution in [0.25, 0.3) is 0 Å². The second-order valence-electron chi connectivity index (χ2n) is 11.7. The number of nitrogens with two attached hydrogens (primary N) is 1. The Morgan fingerprint density at radius 2 is 2.14 bits per heavy atom. The lowest BCUT2D eigenvalue weighted by molar-refractivity contribution is -0.181. The monoisotopic (exact) mass is 497 g/mol. The van der Waals surface area contributed by atoms with E-state index in [2.05, 4.69) is 44.8 Å². The number of ether oxygens (including phenoxy) is 3. The number of carbonyl (C=O) groups is 1. The molecule has 196 valence electrons. The smallest absolute Gasteiger partial charge is 0.351 e. The highest BCUT2D eigenvalue weighted by Gasteiger charge is 2.57. The molecule has 4 aliphatic rings. The van der Waals surface area contributed by atoms with Crippen molar-refractivity contribution in [1.29, 1.82) is 0 Å². The van der Waals surface area contributed by atoms with Gasteiger partial charge in [-0.2, -0.15) is 4.98 Å². The van der Waals surface area contributed by atoms with Gasteiger partial charge >= 0.3 is 11.7 Å². The Bertz CT molecular complexity index is 1140.